The molecule has 31 heavy (non-hydrogen) atoms. The third kappa shape index (κ3) is 5.33. The number of hydrogen-bond donors (Lipinski definition) is 1. The van der Waals surface area contributed by atoms with Gasteiger partial charge in [0.05, 0.1) is 18.7 Å². The Hall–Kier alpha value is -3.12. The Morgan fingerprint density at radius 3 is 2.55 bits per heavy atom. The van der Waals surface area contributed by atoms with Gasteiger partial charge in [0.25, 0.3) is 5.91 Å². The van der Waals surface area contributed by atoms with Crippen LogP contribution < -0.4 is 4.74 Å². The number of benzene rings is 2. The van der Waals surface area contributed by atoms with Crippen LogP contribution in [-0.2, 0) is 16.0 Å². The lowest BCUT2D eigenvalue weighted by molar-refractivity contribution is -0.129. The van der Waals surface area contributed by atoms with Gasteiger partial charge in [0.2, 0.25) is 0 Å². The molecule has 0 saturated carbocycles. The highest BCUT2D eigenvalue weighted by Gasteiger charge is 2.43. The van der Waals surface area contributed by atoms with Crippen LogP contribution in [0.5, 0.6) is 5.75 Å². The number of hydrogen-bond acceptors (Lipinski definition) is 5. The lowest BCUT2D eigenvalue weighted by Gasteiger charge is -2.27. The Morgan fingerprint density at radius 2 is 1.87 bits per heavy atom. The second kappa shape index (κ2) is 10.3. The standard InChI is InChI=1S/C25H30N2O4/c1-26(2)15-8-16-27-23(19-11-7-12-20(17-19)31-3)22(24(29)25(27)30)21(28)14-13-18-9-5-4-6-10-18/h4-7,9-12,17,23,29H,8,13-16H2,1-3H3. The quantitative estimate of drug-likeness (QED) is 0.634. The average molecular weight is 423 g/mol. The van der Waals surface area contributed by atoms with Crippen LogP contribution in [0.3, 0.4) is 0 Å². The van der Waals surface area contributed by atoms with E-state index < -0.39 is 17.7 Å². The van der Waals surface area contributed by atoms with Gasteiger partial charge in [-0.2, -0.15) is 0 Å². The molecule has 6 nitrogen and oxygen atoms in total. The lowest BCUT2D eigenvalue weighted by Crippen LogP contribution is -2.33. The zero-order valence-corrected chi connectivity index (χ0v) is 18.4. The van der Waals surface area contributed by atoms with Crippen LogP contribution in [0.1, 0.15) is 30.0 Å². The van der Waals surface area contributed by atoms with Crippen molar-refractivity contribution < 1.29 is 19.4 Å². The summed E-state index contributed by atoms with van der Waals surface area (Å²) < 4.78 is 5.34. The van der Waals surface area contributed by atoms with Gasteiger partial charge in [0, 0.05) is 13.0 Å². The van der Waals surface area contributed by atoms with Gasteiger partial charge < -0.3 is 19.6 Å². The highest BCUT2D eigenvalue weighted by molar-refractivity contribution is 6.09. The van der Waals surface area contributed by atoms with Gasteiger partial charge >= 0.3 is 0 Å². The highest BCUT2D eigenvalue weighted by Crippen LogP contribution is 2.39. The summed E-state index contributed by atoms with van der Waals surface area (Å²) in [6.45, 7) is 1.24. The van der Waals surface area contributed by atoms with Crippen molar-refractivity contribution >= 4 is 11.7 Å². The van der Waals surface area contributed by atoms with Crippen LogP contribution >= 0.6 is 0 Å². The fourth-order valence-electron chi connectivity index (χ4n) is 3.92. The Labute approximate surface area is 183 Å². The van der Waals surface area contributed by atoms with Gasteiger partial charge in [-0.05, 0) is 56.7 Å². The minimum absolute atomic E-state index is 0.180. The van der Waals surface area contributed by atoms with E-state index in [4.69, 9.17) is 4.74 Å². The molecule has 1 heterocycles. The minimum Gasteiger partial charge on any atom is -0.503 e. The van der Waals surface area contributed by atoms with Crippen molar-refractivity contribution in [1.82, 2.24) is 9.80 Å². The molecule has 6 heteroatoms. The number of amides is 1. The Balaban J connectivity index is 1.89. The fourth-order valence-corrected chi connectivity index (χ4v) is 3.92. The molecule has 164 valence electrons. The van der Waals surface area contributed by atoms with Crippen molar-refractivity contribution in [2.45, 2.75) is 25.3 Å². The molecular formula is C25H30N2O4. The van der Waals surface area contributed by atoms with Gasteiger partial charge in [-0.1, -0.05) is 42.5 Å². The van der Waals surface area contributed by atoms with E-state index in [9.17, 15) is 14.7 Å². The van der Waals surface area contributed by atoms with Crippen LogP contribution in [0, 0.1) is 0 Å². The SMILES string of the molecule is COc1cccc(C2C(C(=O)CCc3ccccc3)=C(O)C(=O)N2CCCN(C)C)c1. The molecular weight excluding hydrogens is 392 g/mol. The largest absolute Gasteiger partial charge is 0.503 e. The van der Waals surface area contributed by atoms with E-state index in [0.717, 1.165) is 24.1 Å². The number of methoxy groups -OCH3 is 1. The monoisotopic (exact) mass is 422 g/mol. The van der Waals surface area contributed by atoms with Gasteiger partial charge in [-0.3, -0.25) is 9.59 Å². The zero-order valence-electron chi connectivity index (χ0n) is 18.4. The molecule has 0 spiro atoms. The Bertz CT molecular complexity index is 953. The molecule has 1 amide bonds. The minimum atomic E-state index is -0.618. The first-order valence-corrected chi connectivity index (χ1v) is 10.5. The van der Waals surface area contributed by atoms with Crippen molar-refractivity contribution in [3.05, 3.63) is 77.1 Å². The highest BCUT2D eigenvalue weighted by atomic mass is 16.5. The van der Waals surface area contributed by atoms with E-state index in [-0.39, 0.29) is 17.8 Å². The number of rotatable bonds is 10. The van der Waals surface area contributed by atoms with Gasteiger partial charge in [-0.15, -0.1) is 0 Å². The topological polar surface area (TPSA) is 70.1 Å². The molecule has 1 aliphatic heterocycles. The van der Waals surface area contributed by atoms with Gasteiger partial charge in [-0.25, -0.2) is 0 Å². The maximum absolute atomic E-state index is 13.2. The number of ether oxygens (including phenoxy) is 1. The van der Waals surface area contributed by atoms with Crippen LogP contribution in [0.2, 0.25) is 0 Å². The van der Waals surface area contributed by atoms with E-state index in [0.29, 0.717) is 18.7 Å². The molecule has 0 aromatic heterocycles. The van der Waals surface area contributed by atoms with Crippen LogP contribution in [-0.4, -0.2) is 60.9 Å². The van der Waals surface area contributed by atoms with Crippen LogP contribution in [0.4, 0.5) is 0 Å². The normalized spacial score (nSPS) is 16.3. The average Bonchev–Trinajstić information content (AvgIpc) is 3.03. The molecule has 1 atom stereocenters. The first-order chi connectivity index (χ1) is 14.9. The summed E-state index contributed by atoms with van der Waals surface area (Å²) in [4.78, 5) is 29.8. The maximum Gasteiger partial charge on any atom is 0.290 e. The molecule has 0 saturated heterocycles. The van der Waals surface area contributed by atoms with Crippen molar-refractivity contribution in [2.75, 3.05) is 34.3 Å². The third-order valence-corrected chi connectivity index (χ3v) is 5.50. The van der Waals surface area contributed by atoms with Gasteiger partial charge in [0.15, 0.2) is 11.5 Å². The van der Waals surface area contributed by atoms with Crippen molar-refractivity contribution in [1.29, 1.82) is 0 Å². The summed E-state index contributed by atoms with van der Waals surface area (Å²) >= 11 is 0. The number of aliphatic hydroxyl groups is 1. The molecule has 2 aromatic carbocycles. The van der Waals surface area contributed by atoms with Crippen molar-refractivity contribution in [3.8, 4) is 5.75 Å². The molecule has 1 aliphatic rings. The summed E-state index contributed by atoms with van der Waals surface area (Å²) in [5.74, 6) is -0.497. The number of carbonyl (C=O) groups excluding carboxylic acids is 2. The predicted octanol–water partition coefficient (Wildman–Crippen LogP) is 3.54. The Kier molecular flexibility index (Phi) is 7.47. The third-order valence-electron chi connectivity index (χ3n) is 5.50. The molecule has 3 rings (SSSR count). The van der Waals surface area contributed by atoms with Crippen molar-refractivity contribution in [2.24, 2.45) is 0 Å². The first-order valence-electron chi connectivity index (χ1n) is 10.5. The summed E-state index contributed by atoms with van der Waals surface area (Å²) in [7, 11) is 5.52. The van der Waals surface area contributed by atoms with Crippen LogP contribution in [0.15, 0.2) is 65.9 Å². The first kappa shape index (κ1) is 22.6. The number of aliphatic hydroxyl groups excluding tert-OH is 1. The lowest BCUT2D eigenvalue weighted by atomic mass is 9.93. The molecule has 1 unspecified atom stereocenters. The van der Waals surface area contributed by atoms with E-state index >= 15 is 0 Å². The summed E-state index contributed by atoms with van der Waals surface area (Å²) in [6, 6.07) is 16.4. The number of ketones is 1. The fraction of sp³-hybridized carbons (Fsp3) is 0.360. The zero-order chi connectivity index (χ0) is 22.4. The molecule has 0 aliphatic carbocycles. The summed E-state index contributed by atoms with van der Waals surface area (Å²) in [5, 5.41) is 10.7. The predicted molar refractivity (Wildman–Crippen MR) is 120 cm³/mol. The van der Waals surface area contributed by atoms with E-state index in [1.807, 2.05) is 73.6 Å². The molecule has 0 bridgehead atoms. The van der Waals surface area contributed by atoms with Crippen molar-refractivity contribution in [3.63, 3.8) is 0 Å². The molecule has 2 aromatic rings. The number of Topliss-reactive ketones (excluding diaryl/α,β-unsaturated/α-hetero) is 1. The van der Waals surface area contributed by atoms with Crippen LogP contribution in [0.25, 0.3) is 0 Å². The van der Waals surface area contributed by atoms with E-state index in [1.165, 1.54) is 0 Å². The number of nitrogens with zero attached hydrogens (tertiary/aromatic N) is 2. The van der Waals surface area contributed by atoms with E-state index in [1.54, 1.807) is 12.0 Å². The summed E-state index contributed by atoms with van der Waals surface area (Å²) in [5.41, 5.74) is 1.98. The second-order valence-electron chi connectivity index (χ2n) is 8.01. The smallest absolute Gasteiger partial charge is 0.290 e. The van der Waals surface area contributed by atoms with Gasteiger partial charge in [0.1, 0.15) is 5.75 Å². The number of aryl methyl sites for hydroxylation is 1. The van der Waals surface area contributed by atoms with E-state index in [2.05, 4.69) is 0 Å². The molecule has 0 radical (unpaired) electrons. The number of carbonyl (C=O) groups is 2. The molecule has 0 fully saturated rings. The summed E-state index contributed by atoms with van der Waals surface area (Å²) in [6.07, 6.45) is 1.51. The second-order valence-corrected chi connectivity index (χ2v) is 8.01. The maximum atomic E-state index is 13.2. The Morgan fingerprint density at radius 1 is 1.13 bits per heavy atom. The molecule has 1 N–H and O–H groups in total.